The van der Waals surface area contributed by atoms with Gasteiger partial charge in [0, 0.05) is 13.6 Å². The monoisotopic (exact) mass is 304 g/mol. The highest BCUT2D eigenvalue weighted by atomic mass is 32.2. The van der Waals surface area contributed by atoms with Crippen molar-refractivity contribution in [1.82, 2.24) is 4.31 Å². The van der Waals surface area contributed by atoms with E-state index in [0.717, 1.165) is 4.31 Å². The average Bonchev–Trinajstić information content (AvgIpc) is 2.39. The summed E-state index contributed by atoms with van der Waals surface area (Å²) in [5.74, 6) is -0.906. The summed E-state index contributed by atoms with van der Waals surface area (Å²) in [4.78, 5) is 11.0. The molecule has 112 valence electrons. The van der Waals surface area contributed by atoms with Gasteiger partial charge in [-0.1, -0.05) is 0 Å². The number of benzene rings is 1. The fourth-order valence-electron chi connectivity index (χ4n) is 1.41. The van der Waals surface area contributed by atoms with Crippen molar-refractivity contribution in [2.24, 2.45) is 0 Å². The van der Waals surface area contributed by atoms with Crippen molar-refractivity contribution in [2.45, 2.75) is 13.3 Å². The summed E-state index contributed by atoms with van der Waals surface area (Å²) >= 11 is 0. The van der Waals surface area contributed by atoms with Gasteiger partial charge in [0.05, 0.1) is 19.2 Å². The average molecular weight is 304 g/mol. The van der Waals surface area contributed by atoms with E-state index in [1.807, 2.05) is 0 Å². The number of hydrogen-bond donors (Lipinski definition) is 1. The lowest BCUT2D eigenvalue weighted by atomic mass is 10.2. The molecule has 0 aliphatic carbocycles. The number of ether oxygens (including phenoxy) is 1. The van der Waals surface area contributed by atoms with E-state index < -0.39 is 22.0 Å². The molecule has 0 aromatic heterocycles. The van der Waals surface area contributed by atoms with E-state index in [4.69, 9.17) is 0 Å². The molecule has 8 heteroatoms. The first-order chi connectivity index (χ1) is 9.26. The number of carbonyl (C=O) groups excluding carboxylic acids is 1. The van der Waals surface area contributed by atoms with Gasteiger partial charge in [-0.05, 0) is 30.7 Å². The van der Waals surface area contributed by atoms with E-state index in [9.17, 15) is 17.6 Å². The molecule has 0 unspecified atom stereocenters. The van der Waals surface area contributed by atoms with Crippen molar-refractivity contribution in [2.75, 3.05) is 25.4 Å². The molecule has 0 radical (unpaired) electrons. The molecule has 1 aromatic carbocycles. The third-order valence-electron chi connectivity index (χ3n) is 2.67. The van der Waals surface area contributed by atoms with Crippen LogP contribution < -0.4 is 4.72 Å². The SMILES string of the molecule is COC(=O)CCN(C)S(=O)(=O)Nc1ccc(F)c(C)c1. The van der Waals surface area contributed by atoms with Gasteiger partial charge in [-0.2, -0.15) is 12.7 Å². The zero-order valence-corrected chi connectivity index (χ0v) is 12.3. The van der Waals surface area contributed by atoms with E-state index in [0.29, 0.717) is 5.56 Å². The maximum atomic E-state index is 13.1. The van der Waals surface area contributed by atoms with Crippen molar-refractivity contribution in [1.29, 1.82) is 0 Å². The van der Waals surface area contributed by atoms with Crippen LogP contribution in [0.1, 0.15) is 12.0 Å². The molecular weight excluding hydrogens is 287 g/mol. The van der Waals surface area contributed by atoms with Gasteiger partial charge >= 0.3 is 16.2 Å². The molecule has 0 spiro atoms. The van der Waals surface area contributed by atoms with Crippen LogP contribution in [0.25, 0.3) is 0 Å². The lowest BCUT2D eigenvalue weighted by molar-refractivity contribution is -0.140. The number of nitrogens with zero attached hydrogens (tertiary/aromatic N) is 1. The minimum absolute atomic E-state index is 0.0117. The number of rotatable bonds is 6. The second kappa shape index (κ2) is 6.67. The summed E-state index contributed by atoms with van der Waals surface area (Å²) in [5.41, 5.74) is 0.594. The molecule has 0 atom stereocenters. The van der Waals surface area contributed by atoms with Crippen LogP contribution in [0.5, 0.6) is 0 Å². The number of esters is 1. The van der Waals surface area contributed by atoms with Crippen molar-refractivity contribution >= 4 is 21.9 Å². The standard InChI is InChI=1S/C12H17FN2O4S/c1-9-8-10(4-5-11(9)13)14-20(17,18)15(2)7-6-12(16)19-3/h4-5,8,14H,6-7H2,1-3H3. The number of hydrogen-bond acceptors (Lipinski definition) is 4. The molecule has 1 aromatic rings. The van der Waals surface area contributed by atoms with Crippen molar-refractivity contribution in [3.8, 4) is 0 Å². The number of nitrogens with one attached hydrogen (secondary N) is 1. The highest BCUT2D eigenvalue weighted by Crippen LogP contribution is 2.16. The quantitative estimate of drug-likeness (QED) is 0.803. The highest BCUT2D eigenvalue weighted by Gasteiger charge is 2.18. The first-order valence-electron chi connectivity index (χ1n) is 5.83. The van der Waals surface area contributed by atoms with E-state index in [1.54, 1.807) is 0 Å². The molecule has 20 heavy (non-hydrogen) atoms. The Morgan fingerprint density at radius 3 is 2.65 bits per heavy atom. The summed E-state index contributed by atoms with van der Waals surface area (Å²) in [6, 6.07) is 3.90. The molecule has 1 N–H and O–H groups in total. The van der Waals surface area contributed by atoms with E-state index in [2.05, 4.69) is 9.46 Å². The van der Waals surface area contributed by atoms with Gasteiger partial charge in [0.1, 0.15) is 5.82 Å². The molecule has 0 saturated heterocycles. The van der Waals surface area contributed by atoms with Crippen LogP contribution in [-0.4, -0.2) is 39.4 Å². The summed E-state index contributed by atoms with van der Waals surface area (Å²) in [6.45, 7) is 1.52. The minimum Gasteiger partial charge on any atom is -0.469 e. The third-order valence-corrected chi connectivity index (χ3v) is 4.17. The van der Waals surface area contributed by atoms with Crippen LogP contribution in [-0.2, 0) is 19.7 Å². The maximum Gasteiger partial charge on any atom is 0.306 e. The summed E-state index contributed by atoms with van der Waals surface area (Å²) in [5, 5.41) is 0. The summed E-state index contributed by atoms with van der Waals surface area (Å²) in [6.07, 6.45) is -0.0453. The number of carbonyl (C=O) groups is 1. The van der Waals surface area contributed by atoms with Crippen molar-refractivity contribution < 1.29 is 22.3 Å². The van der Waals surface area contributed by atoms with Crippen molar-refractivity contribution in [3.05, 3.63) is 29.6 Å². The lowest BCUT2D eigenvalue weighted by Gasteiger charge is -2.18. The van der Waals surface area contributed by atoms with Crippen LogP contribution in [0.2, 0.25) is 0 Å². The van der Waals surface area contributed by atoms with Gasteiger partial charge in [-0.3, -0.25) is 9.52 Å². The molecule has 0 aliphatic heterocycles. The highest BCUT2D eigenvalue weighted by molar-refractivity contribution is 7.90. The number of methoxy groups -OCH3 is 1. The molecule has 0 fully saturated rings. The van der Waals surface area contributed by atoms with Gasteiger partial charge in [0.2, 0.25) is 0 Å². The van der Waals surface area contributed by atoms with Gasteiger partial charge in [0.15, 0.2) is 0 Å². The first-order valence-corrected chi connectivity index (χ1v) is 7.27. The predicted molar refractivity (Wildman–Crippen MR) is 72.9 cm³/mol. The summed E-state index contributed by atoms with van der Waals surface area (Å²) < 4.78 is 44.8. The first kappa shape index (κ1) is 16.4. The van der Waals surface area contributed by atoms with Crippen LogP contribution in [0.3, 0.4) is 0 Å². The zero-order chi connectivity index (χ0) is 15.3. The number of halogens is 1. The Kier molecular flexibility index (Phi) is 5.46. The molecular formula is C12H17FN2O4S. The Morgan fingerprint density at radius 1 is 1.45 bits per heavy atom. The van der Waals surface area contributed by atoms with Crippen LogP contribution in [0, 0.1) is 12.7 Å². The predicted octanol–water partition coefficient (Wildman–Crippen LogP) is 1.29. The van der Waals surface area contributed by atoms with Gasteiger partial charge in [-0.25, -0.2) is 4.39 Å². The Balaban J connectivity index is 2.73. The number of anilines is 1. The molecule has 6 nitrogen and oxygen atoms in total. The Bertz CT molecular complexity index is 589. The van der Waals surface area contributed by atoms with E-state index in [-0.39, 0.29) is 18.7 Å². The third kappa shape index (κ3) is 4.46. The van der Waals surface area contributed by atoms with Gasteiger partial charge in [0.25, 0.3) is 0 Å². The van der Waals surface area contributed by atoms with Crippen LogP contribution in [0.4, 0.5) is 10.1 Å². The second-order valence-electron chi connectivity index (χ2n) is 4.22. The fourth-order valence-corrected chi connectivity index (χ4v) is 2.32. The van der Waals surface area contributed by atoms with Crippen LogP contribution >= 0.6 is 0 Å². The molecule has 1 rings (SSSR count). The van der Waals surface area contributed by atoms with Gasteiger partial charge in [-0.15, -0.1) is 0 Å². The molecule has 0 saturated carbocycles. The van der Waals surface area contributed by atoms with Gasteiger partial charge < -0.3 is 4.74 Å². The molecule has 0 heterocycles. The lowest BCUT2D eigenvalue weighted by Crippen LogP contribution is -2.34. The van der Waals surface area contributed by atoms with Crippen molar-refractivity contribution in [3.63, 3.8) is 0 Å². The normalized spacial score (nSPS) is 11.4. The fraction of sp³-hybridized carbons (Fsp3) is 0.417. The Hall–Kier alpha value is -1.67. The minimum atomic E-state index is -3.79. The Morgan fingerprint density at radius 2 is 2.10 bits per heavy atom. The molecule has 0 aliphatic rings. The maximum absolute atomic E-state index is 13.1. The van der Waals surface area contributed by atoms with Crippen LogP contribution in [0.15, 0.2) is 18.2 Å². The zero-order valence-electron chi connectivity index (χ0n) is 11.5. The topological polar surface area (TPSA) is 75.7 Å². The summed E-state index contributed by atoms with van der Waals surface area (Å²) in [7, 11) is -1.23. The number of aryl methyl sites for hydroxylation is 1. The Labute approximate surface area is 117 Å². The smallest absolute Gasteiger partial charge is 0.306 e. The van der Waals surface area contributed by atoms with E-state index in [1.165, 1.54) is 39.3 Å². The molecule has 0 bridgehead atoms. The molecule has 0 amide bonds. The van der Waals surface area contributed by atoms with E-state index >= 15 is 0 Å². The second-order valence-corrected chi connectivity index (χ2v) is 6.00. The largest absolute Gasteiger partial charge is 0.469 e.